The van der Waals surface area contributed by atoms with Gasteiger partial charge in [-0.25, -0.2) is 14.6 Å². The Morgan fingerprint density at radius 2 is 1.88 bits per heavy atom. The van der Waals surface area contributed by atoms with Crippen LogP contribution in [0.3, 0.4) is 0 Å². The van der Waals surface area contributed by atoms with Crippen molar-refractivity contribution in [1.29, 1.82) is 0 Å². The molecule has 0 saturated carbocycles. The summed E-state index contributed by atoms with van der Waals surface area (Å²) in [6, 6.07) is 18.1. The minimum absolute atomic E-state index is 0.160. The molecular formula is C26H19BrINO5. The molecule has 0 atom stereocenters. The van der Waals surface area contributed by atoms with Gasteiger partial charge in [-0.1, -0.05) is 18.2 Å². The number of nitrogens with zero attached hydrogens (tertiary/aromatic N) is 1. The van der Waals surface area contributed by atoms with Crippen LogP contribution in [0.5, 0.6) is 11.5 Å². The van der Waals surface area contributed by atoms with Gasteiger partial charge in [0.05, 0.1) is 16.6 Å². The molecule has 3 aromatic rings. The lowest BCUT2D eigenvalue weighted by molar-refractivity contribution is -0.129. The summed E-state index contributed by atoms with van der Waals surface area (Å²) in [4.78, 5) is 29.5. The van der Waals surface area contributed by atoms with Crippen LogP contribution in [0.1, 0.15) is 34.0 Å². The first-order valence-electron chi connectivity index (χ1n) is 10.4. The van der Waals surface area contributed by atoms with E-state index in [0.717, 1.165) is 9.13 Å². The number of aryl methyl sites for hydroxylation is 1. The fourth-order valence-electron chi connectivity index (χ4n) is 3.27. The van der Waals surface area contributed by atoms with Gasteiger partial charge in [-0.15, -0.1) is 0 Å². The summed E-state index contributed by atoms with van der Waals surface area (Å²) >= 11 is 5.67. The predicted molar refractivity (Wildman–Crippen MR) is 141 cm³/mol. The second-order valence-corrected chi connectivity index (χ2v) is 9.41. The maximum absolute atomic E-state index is 12.8. The van der Waals surface area contributed by atoms with Gasteiger partial charge >= 0.3 is 11.9 Å². The molecule has 0 radical (unpaired) electrons. The summed E-state index contributed by atoms with van der Waals surface area (Å²) in [5, 5.41) is 0. The van der Waals surface area contributed by atoms with Crippen molar-refractivity contribution in [1.82, 2.24) is 0 Å². The molecule has 3 aromatic carbocycles. The molecule has 8 heteroatoms. The third-order valence-corrected chi connectivity index (χ3v) is 6.21. The van der Waals surface area contributed by atoms with Crippen LogP contribution in [-0.4, -0.2) is 24.4 Å². The first kappa shape index (κ1) is 24.2. The average molecular weight is 632 g/mol. The van der Waals surface area contributed by atoms with Gasteiger partial charge in [0.15, 0.2) is 17.2 Å². The van der Waals surface area contributed by atoms with Gasteiger partial charge in [-0.2, -0.15) is 0 Å². The van der Waals surface area contributed by atoms with Crippen molar-refractivity contribution < 1.29 is 23.8 Å². The summed E-state index contributed by atoms with van der Waals surface area (Å²) in [6.07, 6.45) is 1.60. The number of carbonyl (C=O) groups excluding carboxylic acids is 2. The molecule has 0 aromatic heterocycles. The van der Waals surface area contributed by atoms with Crippen LogP contribution in [0.25, 0.3) is 6.08 Å². The molecule has 1 aliphatic heterocycles. The van der Waals surface area contributed by atoms with E-state index in [2.05, 4.69) is 43.5 Å². The summed E-state index contributed by atoms with van der Waals surface area (Å²) < 4.78 is 18.3. The van der Waals surface area contributed by atoms with E-state index in [-0.39, 0.29) is 17.3 Å². The number of hydrogen-bond donors (Lipinski definition) is 0. The van der Waals surface area contributed by atoms with E-state index < -0.39 is 11.9 Å². The Labute approximate surface area is 218 Å². The molecule has 0 bridgehead atoms. The number of esters is 2. The van der Waals surface area contributed by atoms with Crippen molar-refractivity contribution in [3.05, 3.63) is 96.7 Å². The molecule has 0 saturated heterocycles. The van der Waals surface area contributed by atoms with Crippen LogP contribution < -0.4 is 9.47 Å². The standard InChI is InChI=1S/C26H19BrINO5/c1-3-32-22-14-16(12-20(27)23(22)33-25(30)19-7-5-4-6-15(19)2)13-21-26(31)34-24(29-21)17-8-10-18(28)11-9-17/h4-14H,3H2,1-2H3/b21-13-. The topological polar surface area (TPSA) is 74.2 Å². The SMILES string of the molecule is CCOc1cc(/C=C2\N=C(c3ccc(I)cc3)OC2=O)cc(Br)c1OC(=O)c1ccccc1C. The second kappa shape index (κ2) is 10.5. The highest BCUT2D eigenvalue weighted by Gasteiger charge is 2.25. The molecule has 172 valence electrons. The third-order valence-electron chi connectivity index (χ3n) is 4.91. The largest absolute Gasteiger partial charge is 0.490 e. The number of aliphatic imine (C=N–C) groups is 1. The third kappa shape index (κ3) is 5.39. The number of carbonyl (C=O) groups is 2. The number of cyclic esters (lactones) is 1. The number of rotatable bonds is 6. The Balaban J connectivity index is 1.65. The van der Waals surface area contributed by atoms with Crippen LogP contribution in [0.15, 0.2) is 75.8 Å². The zero-order valence-corrected chi connectivity index (χ0v) is 22.0. The molecule has 6 nitrogen and oxygen atoms in total. The average Bonchev–Trinajstić information content (AvgIpc) is 3.17. The molecule has 0 unspecified atom stereocenters. The van der Waals surface area contributed by atoms with E-state index in [9.17, 15) is 9.59 Å². The first-order chi connectivity index (χ1) is 16.4. The molecule has 0 aliphatic carbocycles. The maximum atomic E-state index is 12.8. The van der Waals surface area contributed by atoms with E-state index in [0.29, 0.717) is 33.5 Å². The molecule has 0 fully saturated rings. The molecule has 34 heavy (non-hydrogen) atoms. The van der Waals surface area contributed by atoms with Crippen LogP contribution >= 0.6 is 38.5 Å². The van der Waals surface area contributed by atoms with Crippen molar-refractivity contribution >= 4 is 62.4 Å². The zero-order chi connectivity index (χ0) is 24.2. The normalized spacial score (nSPS) is 14.1. The Morgan fingerprint density at radius 1 is 1.15 bits per heavy atom. The van der Waals surface area contributed by atoms with E-state index in [4.69, 9.17) is 14.2 Å². The van der Waals surface area contributed by atoms with E-state index in [1.54, 1.807) is 30.3 Å². The summed E-state index contributed by atoms with van der Waals surface area (Å²) in [7, 11) is 0. The van der Waals surface area contributed by atoms with Crippen molar-refractivity contribution in [2.45, 2.75) is 13.8 Å². The predicted octanol–water partition coefficient (Wildman–Crippen LogP) is 6.32. The van der Waals surface area contributed by atoms with E-state index in [1.165, 1.54) is 0 Å². The van der Waals surface area contributed by atoms with Gasteiger partial charge < -0.3 is 14.2 Å². The Hall–Kier alpha value is -2.98. The van der Waals surface area contributed by atoms with Gasteiger partial charge in [0.25, 0.3) is 0 Å². The summed E-state index contributed by atoms with van der Waals surface area (Å²) in [5.41, 5.74) is 2.78. The monoisotopic (exact) mass is 631 g/mol. The summed E-state index contributed by atoms with van der Waals surface area (Å²) in [5.74, 6) is -0.164. The van der Waals surface area contributed by atoms with Gasteiger partial charge in [-0.05, 0) is 112 Å². The number of halogens is 2. The van der Waals surface area contributed by atoms with Gasteiger partial charge in [0, 0.05) is 9.13 Å². The van der Waals surface area contributed by atoms with Gasteiger partial charge in [0.2, 0.25) is 5.90 Å². The lowest BCUT2D eigenvalue weighted by atomic mass is 10.1. The smallest absolute Gasteiger partial charge is 0.363 e. The van der Waals surface area contributed by atoms with Crippen LogP contribution in [-0.2, 0) is 9.53 Å². The molecule has 4 rings (SSSR count). The summed E-state index contributed by atoms with van der Waals surface area (Å²) in [6.45, 7) is 4.03. The van der Waals surface area contributed by atoms with Gasteiger partial charge in [-0.3, -0.25) is 0 Å². The molecule has 0 amide bonds. The van der Waals surface area contributed by atoms with E-state index >= 15 is 0 Å². The van der Waals surface area contributed by atoms with Crippen LogP contribution in [0.4, 0.5) is 0 Å². The Bertz CT molecular complexity index is 1330. The minimum atomic E-state index is -0.544. The van der Waals surface area contributed by atoms with Crippen LogP contribution in [0.2, 0.25) is 0 Å². The molecule has 1 heterocycles. The quantitative estimate of drug-likeness (QED) is 0.138. The van der Waals surface area contributed by atoms with Gasteiger partial charge in [0.1, 0.15) is 0 Å². The van der Waals surface area contributed by atoms with Crippen molar-refractivity contribution in [3.63, 3.8) is 0 Å². The van der Waals surface area contributed by atoms with Crippen LogP contribution in [0, 0.1) is 10.5 Å². The first-order valence-corrected chi connectivity index (χ1v) is 12.3. The Morgan fingerprint density at radius 3 is 2.59 bits per heavy atom. The molecule has 0 N–H and O–H groups in total. The number of benzene rings is 3. The fraction of sp³-hybridized carbons (Fsp3) is 0.115. The second-order valence-electron chi connectivity index (χ2n) is 7.31. The zero-order valence-electron chi connectivity index (χ0n) is 18.3. The highest BCUT2D eigenvalue weighted by atomic mass is 127. The van der Waals surface area contributed by atoms with E-state index in [1.807, 2.05) is 50.2 Å². The van der Waals surface area contributed by atoms with Crippen molar-refractivity contribution in [3.8, 4) is 11.5 Å². The maximum Gasteiger partial charge on any atom is 0.363 e. The number of ether oxygens (including phenoxy) is 3. The van der Waals surface area contributed by atoms with Crippen molar-refractivity contribution in [2.75, 3.05) is 6.61 Å². The highest BCUT2D eigenvalue weighted by molar-refractivity contribution is 14.1. The molecular weight excluding hydrogens is 613 g/mol. The highest BCUT2D eigenvalue weighted by Crippen LogP contribution is 2.38. The van der Waals surface area contributed by atoms with Crippen molar-refractivity contribution in [2.24, 2.45) is 4.99 Å². The lowest BCUT2D eigenvalue weighted by Gasteiger charge is -2.14. The molecule has 0 spiro atoms. The minimum Gasteiger partial charge on any atom is -0.490 e. The molecule has 1 aliphatic rings. The number of hydrogen-bond acceptors (Lipinski definition) is 6. The fourth-order valence-corrected chi connectivity index (χ4v) is 4.17. The Kier molecular flexibility index (Phi) is 7.47. The lowest BCUT2D eigenvalue weighted by Crippen LogP contribution is -2.11.